The molecule has 1 aliphatic rings. The number of rotatable bonds is 4. The fourth-order valence-corrected chi connectivity index (χ4v) is 2.39. The molecule has 0 saturated carbocycles. The SMILES string of the molecule is C=CCN1CCC(CCN)C1(C)C. The molecule has 0 aromatic rings. The van der Waals surface area contributed by atoms with E-state index in [1.807, 2.05) is 6.08 Å². The second-order valence-corrected chi connectivity index (χ2v) is 4.45. The van der Waals surface area contributed by atoms with Gasteiger partial charge < -0.3 is 5.73 Å². The number of hydrogen-bond acceptors (Lipinski definition) is 2. The summed E-state index contributed by atoms with van der Waals surface area (Å²) in [5.41, 5.74) is 5.92. The fraction of sp³-hybridized carbons (Fsp3) is 0.818. The first-order valence-electron chi connectivity index (χ1n) is 5.19. The number of nitrogens with zero attached hydrogens (tertiary/aromatic N) is 1. The predicted molar refractivity (Wildman–Crippen MR) is 57.6 cm³/mol. The first kappa shape index (κ1) is 10.7. The van der Waals surface area contributed by atoms with Gasteiger partial charge in [-0.1, -0.05) is 6.08 Å². The number of likely N-dealkylation sites (tertiary alicyclic amines) is 1. The lowest BCUT2D eigenvalue weighted by molar-refractivity contribution is 0.150. The molecular weight excluding hydrogens is 160 g/mol. The third-order valence-corrected chi connectivity index (χ3v) is 3.43. The molecule has 0 spiro atoms. The van der Waals surface area contributed by atoms with Gasteiger partial charge in [0.05, 0.1) is 0 Å². The van der Waals surface area contributed by atoms with Crippen LogP contribution in [0, 0.1) is 5.92 Å². The zero-order valence-electron chi connectivity index (χ0n) is 8.92. The summed E-state index contributed by atoms with van der Waals surface area (Å²) in [4.78, 5) is 2.50. The summed E-state index contributed by atoms with van der Waals surface area (Å²) in [6.45, 7) is 11.5. The Morgan fingerprint density at radius 3 is 2.85 bits per heavy atom. The average molecular weight is 182 g/mol. The van der Waals surface area contributed by atoms with Gasteiger partial charge in [-0.2, -0.15) is 0 Å². The highest BCUT2D eigenvalue weighted by Gasteiger charge is 2.39. The Morgan fingerprint density at radius 2 is 2.31 bits per heavy atom. The highest BCUT2D eigenvalue weighted by atomic mass is 15.2. The summed E-state index contributed by atoms with van der Waals surface area (Å²) in [5, 5.41) is 0. The Labute approximate surface area is 81.8 Å². The lowest BCUT2D eigenvalue weighted by atomic mass is 9.86. The minimum atomic E-state index is 0.313. The van der Waals surface area contributed by atoms with Crippen LogP contribution in [0.25, 0.3) is 0 Å². The summed E-state index contributed by atoms with van der Waals surface area (Å²) in [7, 11) is 0. The summed E-state index contributed by atoms with van der Waals surface area (Å²) in [5.74, 6) is 0.762. The van der Waals surface area contributed by atoms with Crippen LogP contribution in [-0.4, -0.2) is 30.1 Å². The molecule has 0 radical (unpaired) electrons. The highest BCUT2D eigenvalue weighted by molar-refractivity contribution is 4.97. The normalized spacial score (nSPS) is 27.8. The molecule has 13 heavy (non-hydrogen) atoms. The van der Waals surface area contributed by atoms with Crippen LogP contribution in [0.5, 0.6) is 0 Å². The van der Waals surface area contributed by atoms with Gasteiger partial charge in [-0.25, -0.2) is 0 Å². The van der Waals surface area contributed by atoms with Gasteiger partial charge in [0, 0.05) is 12.1 Å². The van der Waals surface area contributed by atoms with E-state index in [2.05, 4.69) is 25.3 Å². The van der Waals surface area contributed by atoms with Crippen LogP contribution in [0.1, 0.15) is 26.7 Å². The molecule has 1 saturated heterocycles. The van der Waals surface area contributed by atoms with E-state index in [9.17, 15) is 0 Å². The van der Waals surface area contributed by atoms with E-state index in [-0.39, 0.29) is 0 Å². The third-order valence-electron chi connectivity index (χ3n) is 3.43. The molecule has 1 aliphatic heterocycles. The topological polar surface area (TPSA) is 29.3 Å². The largest absolute Gasteiger partial charge is 0.330 e. The molecule has 2 N–H and O–H groups in total. The maximum Gasteiger partial charge on any atom is 0.0185 e. The Kier molecular flexibility index (Phi) is 3.51. The van der Waals surface area contributed by atoms with Crippen molar-refractivity contribution in [3.63, 3.8) is 0 Å². The highest BCUT2D eigenvalue weighted by Crippen LogP contribution is 2.35. The van der Waals surface area contributed by atoms with Gasteiger partial charge in [-0.3, -0.25) is 4.90 Å². The van der Waals surface area contributed by atoms with Crippen molar-refractivity contribution in [1.29, 1.82) is 0 Å². The van der Waals surface area contributed by atoms with Gasteiger partial charge in [0.1, 0.15) is 0 Å². The van der Waals surface area contributed by atoms with Crippen LogP contribution in [0.3, 0.4) is 0 Å². The molecule has 0 aromatic carbocycles. The van der Waals surface area contributed by atoms with Crippen LogP contribution in [0.15, 0.2) is 12.7 Å². The average Bonchev–Trinajstić information content (AvgIpc) is 2.33. The van der Waals surface area contributed by atoms with Gasteiger partial charge >= 0.3 is 0 Å². The number of hydrogen-bond donors (Lipinski definition) is 1. The van der Waals surface area contributed by atoms with Crippen molar-refractivity contribution in [2.24, 2.45) is 11.7 Å². The van der Waals surface area contributed by atoms with Crippen molar-refractivity contribution in [3.8, 4) is 0 Å². The van der Waals surface area contributed by atoms with Gasteiger partial charge in [-0.05, 0) is 45.7 Å². The Hall–Kier alpha value is -0.340. The van der Waals surface area contributed by atoms with Crippen LogP contribution in [0.2, 0.25) is 0 Å². The van der Waals surface area contributed by atoms with E-state index in [0.717, 1.165) is 25.4 Å². The van der Waals surface area contributed by atoms with E-state index in [0.29, 0.717) is 5.54 Å². The van der Waals surface area contributed by atoms with E-state index in [1.165, 1.54) is 13.0 Å². The smallest absolute Gasteiger partial charge is 0.0185 e. The Morgan fingerprint density at radius 1 is 1.62 bits per heavy atom. The standard InChI is InChI=1S/C11H22N2/c1-4-8-13-9-6-10(5-7-12)11(13,2)3/h4,10H,1,5-9,12H2,2-3H3. The summed E-state index contributed by atoms with van der Waals surface area (Å²) >= 11 is 0. The number of nitrogens with two attached hydrogens (primary N) is 1. The summed E-state index contributed by atoms with van der Waals surface area (Å²) < 4.78 is 0. The Balaban J connectivity index is 2.58. The fourth-order valence-electron chi connectivity index (χ4n) is 2.39. The molecule has 0 amide bonds. The molecule has 0 aromatic heterocycles. The van der Waals surface area contributed by atoms with E-state index < -0.39 is 0 Å². The van der Waals surface area contributed by atoms with Crippen molar-refractivity contribution in [3.05, 3.63) is 12.7 Å². The summed E-state index contributed by atoms with van der Waals surface area (Å²) in [6.07, 6.45) is 4.44. The van der Waals surface area contributed by atoms with Gasteiger partial charge in [-0.15, -0.1) is 6.58 Å². The minimum absolute atomic E-state index is 0.313. The van der Waals surface area contributed by atoms with Crippen LogP contribution >= 0.6 is 0 Å². The molecule has 1 unspecified atom stereocenters. The van der Waals surface area contributed by atoms with Crippen molar-refractivity contribution < 1.29 is 0 Å². The molecule has 76 valence electrons. The Bertz CT molecular complexity index is 175. The quantitative estimate of drug-likeness (QED) is 0.669. The second kappa shape index (κ2) is 4.25. The first-order chi connectivity index (χ1) is 6.12. The molecule has 1 atom stereocenters. The van der Waals surface area contributed by atoms with E-state index in [1.54, 1.807) is 0 Å². The lowest BCUT2D eigenvalue weighted by Crippen LogP contribution is -2.42. The van der Waals surface area contributed by atoms with Crippen LogP contribution in [0.4, 0.5) is 0 Å². The molecule has 2 heteroatoms. The van der Waals surface area contributed by atoms with Crippen molar-refractivity contribution in [2.75, 3.05) is 19.6 Å². The van der Waals surface area contributed by atoms with Gasteiger partial charge in [0.25, 0.3) is 0 Å². The molecule has 2 nitrogen and oxygen atoms in total. The molecule has 1 fully saturated rings. The zero-order valence-corrected chi connectivity index (χ0v) is 8.92. The predicted octanol–water partition coefficient (Wildman–Crippen LogP) is 1.62. The third kappa shape index (κ3) is 2.12. The first-order valence-corrected chi connectivity index (χ1v) is 5.19. The molecule has 0 bridgehead atoms. The maximum absolute atomic E-state index is 5.61. The van der Waals surface area contributed by atoms with Crippen LogP contribution < -0.4 is 5.73 Å². The lowest BCUT2D eigenvalue weighted by Gasteiger charge is -2.35. The van der Waals surface area contributed by atoms with E-state index >= 15 is 0 Å². The summed E-state index contributed by atoms with van der Waals surface area (Å²) in [6, 6.07) is 0. The molecular formula is C11H22N2. The van der Waals surface area contributed by atoms with Crippen molar-refractivity contribution in [1.82, 2.24) is 4.90 Å². The zero-order chi connectivity index (χ0) is 9.90. The molecule has 1 heterocycles. The maximum atomic E-state index is 5.61. The monoisotopic (exact) mass is 182 g/mol. The molecule has 0 aliphatic carbocycles. The van der Waals surface area contributed by atoms with Crippen molar-refractivity contribution >= 4 is 0 Å². The van der Waals surface area contributed by atoms with Crippen LogP contribution in [-0.2, 0) is 0 Å². The van der Waals surface area contributed by atoms with Crippen molar-refractivity contribution in [2.45, 2.75) is 32.2 Å². The van der Waals surface area contributed by atoms with E-state index in [4.69, 9.17) is 5.73 Å². The molecule has 1 rings (SSSR count). The second-order valence-electron chi connectivity index (χ2n) is 4.45. The minimum Gasteiger partial charge on any atom is -0.330 e. The van der Waals surface area contributed by atoms with Gasteiger partial charge in [0.2, 0.25) is 0 Å². The van der Waals surface area contributed by atoms with Gasteiger partial charge in [0.15, 0.2) is 0 Å².